The minimum absolute atomic E-state index is 0.0951. The summed E-state index contributed by atoms with van der Waals surface area (Å²) >= 11 is 0. The predicted molar refractivity (Wildman–Crippen MR) is 77.3 cm³/mol. The van der Waals surface area contributed by atoms with Gasteiger partial charge in [0.05, 0.1) is 12.2 Å². The molecule has 2 N–H and O–H groups in total. The van der Waals surface area contributed by atoms with E-state index in [1.54, 1.807) is 0 Å². The Hall–Kier alpha value is -1.89. The second kappa shape index (κ2) is 5.08. The summed E-state index contributed by atoms with van der Waals surface area (Å²) in [5.74, 6) is 1.86. The van der Waals surface area contributed by atoms with E-state index in [-0.39, 0.29) is 18.9 Å². The number of aromatic amines is 1. The van der Waals surface area contributed by atoms with Crippen molar-refractivity contribution in [3.63, 3.8) is 0 Å². The summed E-state index contributed by atoms with van der Waals surface area (Å²) in [5.41, 5.74) is -1.29. The zero-order valence-corrected chi connectivity index (χ0v) is 12.2. The number of hydrogen-bond donors (Lipinski definition) is 2. The van der Waals surface area contributed by atoms with E-state index in [0.29, 0.717) is 24.7 Å². The van der Waals surface area contributed by atoms with Crippen LogP contribution in [0.3, 0.4) is 0 Å². The number of rotatable bonds is 5. The van der Waals surface area contributed by atoms with Crippen molar-refractivity contribution in [2.75, 3.05) is 6.54 Å². The fraction of sp³-hybridized carbons (Fsp3) is 0.667. The quantitative estimate of drug-likeness (QED) is 0.715. The molecular weight excluding hydrogens is 286 g/mol. The summed E-state index contributed by atoms with van der Waals surface area (Å²) < 4.78 is 7.16. The standard InChI is InChI=1S/C15H19N3O4/c19-12(1-3-18-4-2-16-14(20)15(18)21)17-7-8-5-11-9-6-10(9)13(8)22-11/h2,4,8-11,13H,1,3,5-7H2,(H,16,20)(H,17,19)/t8-,9+,10-,11-,13+/m0/s1. The molecule has 1 saturated carbocycles. The first kappa shape index (κ1) is 13.8. The van der Waals surface area contributed by atoms with E-state index < -0.39 is 11.1 Å². The summed E-state index contributed by atoms with van der Waals surface area (Å²) in [4.78, 5) is 37.0. The number of aryl methyl sites for hydroxylation is 1. The molecule has 22 heavy (non-hydrogen) atoms. The van der Waals surface area contributed by atoms with Crippen LogP contribution in [0.2, 0.25) is 0 Å². The molecule has 0 unspecified atom stereocenters. The molecule has 3 heterocycles. The second-order valence-electron chi connectivity index (χ2n) is 6.54. The summed E-state index contributed by atoms with van der Waals surface area (Å²) in [6.07, 6.45) is 6.19. The van der Waals surface area contributed by atoms with Crippen LogP contribution in [0, 0.1) is 17.8 Å². The van der Waals surface area contributed by atoms with Crippen molar-refractivity contribution in [3.05, 3.63) is 33.1 Å². The summed E-state index contributed by atoms with van der Waals surface area (Å²) in [5, 5.41) is 2.93. The summed E-state index contributed by atoms with van der Waals surface area (Å²) in [7, 11) is 0. The van der Waals surface area contributed by atoms with Crippen LogP contribution in [-0.2, 0) is 16.1 Å². The van der Waals surface area contributed by atoms with Crippen LogP contribution in [0.4, 0.5) is 0 Å². The number of nitrogens with one attached hydrogen (secondary N) is 2. The number of hydrogen-bond acceptors (Lipinski definition) is 4. The van der Waals surface area contributed by atoms with Gasteiger partial charge in [-0.15, -0.1) is 0 Å². The molecule has 3 fully saturated rings. The van der Waals surface area contributed by atoms with Crippen molar-refractivity contribution >= 4 is 5.91 Å². The number of nitrogens with zero attached hydrogens (tertiary/aromatic N) is 1. The number of ether oxygens (including phenoxy) is 1. The van der Waals surface area contributed by atoms with Gasteiger partial charge in [0.2, 0.25) is 5.91 Å². The molecule has 5 atom stereocenters. The number of H-pyrrole nitrogens is 1. The normalized spacial score (nSPS) is 34.5. The molecule has 2 bridgehead atoms. The van der Waals surface area contributed by atoms with Crippen LogP contribution >= 0.6 is 0 Å². The smallest absolute Gasteiger partial charge is 0.316 e. The van der Waals surface area contributed by atoms with E-state index >= 15 is 0 Å². The number of carbonyl (C=O) groups excluding carboxylic acids is 1. The molecule has 1 aromatic rings. The van der Waals surface area contributed by atoms with E-state index in [4.69, 9.17) is 4.74 Å². The predicted octanol–water partition coefficient (Wildman–Crippen LogP) is -0.534. The van der Waals surface area contributed by atoms with Crippen molar-refractivity contribution in [2.45, 2.75) is 38.0 Å². The first-order valence-electron chi connectivity index (χ1n) is 7.84. The Balaban J connectivity index is 1.26. The zero-order chi connectivity index (χ0) is 15.3. The maximum Gasteiger partial charge on any atom is 0.316 e. The van der Waals surface area contributed by atoms with Gasteiger partial charge in [0, 0.05) is 37.8 Å². The van der Waals surface area contributed by atoms with Crippen LogP contribution in [0.5, 0.6) is 0 Å². The van der Waals surface area contributed by atoms with E-state index in [1.807, 2.05) is 0 Å². The molecule has 1 aliphatic carbocycles. The fourth-order valence-electron chi connectivity index (χ4n) is 3.96. The highest BCUT2D eigenvalue weighted by Crippen LogP contribution is 2.60. The van der Waals surface area contributed by atoms with Gasteiger partial charge in [-0.1, -0.05) is 0 Å². The second-order valence-corrected chi connectivity index (χ2v) is 6.54. The van der Waals surface area contributed by atoms with Gasteiger partial charge in [-0.25, -0.2) is 0 Å². The van der Waals surface area contributed by atoms with E-state index in [9.17, 15) is 14.4 Å². The molecule has 0 spiro atoms. The van der Waals surface area contributed by atoms with Gasteiger partial charge in [-0.2, -0.15) is 0 Å². The Bertz CT molecular complexity index is 709. The molecule has 2 aliphatic heterocycles. The lowest BCUT2D eigenvalue weighted by atomic mass is 9.89. The molecule has 1 aromatic heterocycles. The third-order valence-electron chi connectivity index (χ3n) is 5.19. The summed E-state index contributed by atoms with van der Waals surface area (Å²) in [6, 6.07) is 0. The SMILES string of the molecule is O=C(CCn1cc[nH]c(=O)c1=O)NC[C@@H]1C[C@@H]2O[C@H]1[C@H]1C[C@H]12. The maximum atomic E-state index is 11.9. The first-order chi connectivity index (χ1) is 10.6. The molecule has 7 nitrogen and oxygen atoms in total. The largest absolute Gasteiger partial charge is 0.374 e. The van der Waals surface area contributed by atoms with Crippen LogP contribution < -0.4 is 16.4 Å². The van der Waals surface area contributed by atoms with Gasteiger partial charge in [0.15, 0.2) is 0 Å². The Labute approximate surface area is 126 Å². The maximum absolute atomic E-state index is 11.9. The van der Waals surface area contributed by atoms with Crippen LogP contribution in [0.1, 0.15) is 19.3 Å². The number of aromatic nitrogens is 2. The number of fused-ring (bicyclic) bond motifs is 5. The minimum Gasteiger partial charge on any atom is -0.374 e. The average molecular weight is 305 g/mol. The lowest BCUT2D eigenvalue weighted by molar-refractivity contribution is -0.121. The lowest BCUT2D eigenvalue weighted by Gasteiger charge is -2.19. The van der Waals surface area contributed by atoms with Gasteiger partial charge < -0.3 is 19.6 Å². The van der Waals surface area contributed by atoms with Crippen molar-refractivity contribution in [2.24, 2.45) is 17.8 Å². The molecular formula is C15H19N3O4. The van der Waals surface area contributed by atoms with Crippen molar-refractivity contribution in [1.29, 1.82) is 0 Å². The molecule has 0 radical (unpaired) electrons. The first-order valence-corrected chi connectivity index (χ1v) is 7.84. The third kappa shape index (κ3) is 2.29. The minimum atomic E-state index is -0.666. The molecule has 1 amide bonds. The molecule has 7 heteroatoms. The number of amides is 1. The Kier molecular flexibility index (Phi) is 3.18. The lowest BCUT2D eigenvalue weighted by Crippen LogP contribution is -2.38. The van der Waals surface area contributed by atoms with Gasteiger partial charge in [0.25, 0.3) is 0 Å². The average Bonchev–Trinajstić information content (AvgIpc) is 3.12. The molecule has 118 valence electrons. The Morgan fingerprint density at radius 1 is 1.36 bits per heavy atom. The van der Waals surface area contributed by atoms with Crippen molar-refractivity contribution in [1.82, 2.24) is 14.9 Å². The van der Waals surface area contributed by atoms with Gasteiger partial charge in [0.1, 0.15) is 0 Å². The van der Waals surface area contributed by atoms with E-state index in [2.05, 4.69) is 10.3 Å². The van der Waals surface area contributed by atoms with Crippen molar-refractivity contribution in [3.8, 4) is 0 Å². The number of carbonyl (C=O) groups is 1. The van der Waals surface area contributed by atoms with Crippen molar-refractivity contribution < 1.29 is 9.53 Å². The highest BCUT2D eigenvalue weighted by molar-refractivity contribution is 5.75. The van der Waals surface area contributed by atoms with Gasteiger partial charge in [-0.3, -0.25) is 14.4 Å². The monoisotopic (exact) mass is 305 g/mol. The van der Waals surface area contributed by atoms with Crippen LogP contribution in [0.25, 0.3) is 0 Å². The molecule has 3 aliphatic rings. The van der Waals surface area contributed by atoms with Gasteiger partial charge >= 0.3 is 11.1 Å². The molecule has 2 saturated heterocycles. The Morgan fingerprint density at radius 3 is 3.00 bits per heavy atom. The molecule has 0 aromatic carbocycles. The summed E-state index contributed by atoms with van der Waals surface area (Å²) in [6.45, 7) is 0.861. The molecule has 4 rings (SSSR count). The highest BCUT2D eigenvalue weighted by Gasteiger charge is 2.62. The highest BCUT2D eigenvalue weighted by atomic mass is 16.5. The van der Waals surface area contributed by atoms with Gasteiger partial charge in [-0.05, 0) is 24.7 Å². The Morgan fingerprint density at radius 2 is 2.23 bits per heavy atom. The third-order valence-corrected chi connectivity index (χ3v) is 5.19. The van der Waals surface area contributed by atoms with E-state index in [0.717, 1.165) is 18.3 Å². The van der Waals surface area contributed by atoms with Crippen LogP contribution in [-0.4, -0.2) is 34.2 Å². The van der Waals surface area contributed by atoms with Crippen LogP contribution in [0.15, 0.2) is 22.0 Å². The fourth-order valence-corrected chi connectivity index (χ4v) is 3.96. The van der Waals surface area contributed by atoms with E-state index in [1.165, 1.54) is 23.4 Å². The zero-order valence-electron chi connectivity index (χ0n) is 12.2. The topological polar surface area (TPSA) is 93.2 Å².